The van der Waals surface area contributed by atoms with Crippen LogP contribution in [-0.2, 0) is 6.42 Å². The van der Waals surface area contributed by atoms with Crippen LogP contribution in [0.1, 0.15) is 22.8 Å². The number of anilines is 1. The zero-order valence-corrected chi connectivity index (χ0v) is 14.6. The van der Waals surface area contributed by atoms with Crippen molar-refractivity contribution in [3.63, 3.8) is 0 Å². The molecule has 1 N–H and O–H groups in total. The Morgan fingerprint density at radius 3 is 2.42 bits per heavy atom. The second kappa shape index (κ2) is 6.88. The van der Waals surface area contributed by atoms with Crippen LogP contribution in [0.2, 0.25) is 0 Å². The molecule has 124 valence electrons. The van der Waals surface area contributed by atoms with Crippen LogP contribution in [0.3, 0.4) is 0 Å². The minimum atomic E-state index is -0.304. The number of fused-ring (bicyclic) bond motifs is 1. The Hall–Kier alpha value is -2.60. The van der Waals surface area contributed by atoms with E-state index in [0.717, 1.165) is 16.6 Å². The topological polar surface area (TPSA) is 60.5 Å². The first-order chi connectivity index (χ1) is 11.7. The quantitative estimate of drug-likeness (QED) is 0.757. The lowest BCUT2D eigenvalue weighted by Crippen LogP contribution is -2.14. The van der Waals surface area contributed by atoms with Gasteiger partial charge in [-0.15, -0.1) is 0 Å². The second-order valence-corrected chi connectivity index (χ2v) is 6.16. The molecular weight excluding hydrogens is 324 g/mol. The van der Waals surface area contributed by atoms with E-state index in [1.807, 2.05) is 12.1 Å². The number of thiazole rings is 1. The van der Waals surface area contributed by atoms with Crippen molar-refractivity contribution in [1.29, 1.82) is 0 Å². The van der Waals surface area contributed by atoms with Gasteiger partial charge in [0.15, 0.2) is 5.13 Å². The molecule has 0 aliphatic rings. The Bertz CT molecular complexity index is 867. The predicted octanol–water partition coefficient (Wildman–Crippen LogP) is 4.13. The molecule has 0 fully saturated rings. The van der Waals surface area contributed by atoms with Gasteiger partial charge in [-0.2, -0.15) is 0 Å². The fraction of sp³-hybridized carbons (Fsp3) is 0.222. The summed E-state index contributed by atoms with van der Waals surface area (Å²) in [6.45, 7) is 2.09. The van der Waals surface area contributed by atoms with Crippen molar-refractivity contribution in [2.24, 2.45) is 0 Å². The lowest BCUT2D eigenvalue weighted by atomic mass is 10.1. The van der Waals surface area contributed by atoms with Gasteiger partial charge >= 0.3 is 0 Å². The number of amides is 1. The van der Waals surface area contributed by atoms with Gasteiger partial charge in [0.2, 0.25) is 0 Å². The van der Waals surface area contributed by atoms with Crippen LogP contribution in [0.5, 0.6) is 11.5 Å². The first-order valence-electron chi connectivity index (χ1n) is 7.58. The molecule has 0 aliphatic heterocycles. The average Bonchev–Trinajstić information content (AvgIpc) is 3.02. The molecule has 1 heterocycles. The molecule has 0 aliphatic carbocycles. The van der Waals surface area contributed by atoms with Gasteiger partial charge in [0.25, 0.3) is 5.91 Å². The fourth-order valence-corrected chi connectivity index (χ4v) is 3.49. The molecule has 0 radical (unpaired) electrons. The third-order valence-corrected chi connectivity index (χ3v) is 4.69. The summed E-state index contributed by atoms with van der Waals surface area (Å²) in [5.74, 6) is 0.617. The number of nitrogens with zero attached hydrogens (tertiary/aromatic N) is 1. The molecule has 3 rings (SSSR count). The van der Waals surface area contributed by atoms with Gasteiger partial charge in [-0.3, -0.25) is 10.1 Å². The molecule has 5 nitrogen and oxygen atoms in total. The number of aromatic nitrogens is 1. The number of benzene rings is 2. The Morgan fingerprint density at radius 2 is 1.79 bits per heavy atom. The lowest BCUT2D eigenvalue weighted by molar-refractivity contribution is 0.102. The van der Waals surface area contributed by atoms with Crippen molar-refractivity contribution in [3.05, 3.63) is 47.5 Å². The Morgan fingerprint density at radius 1 is 1.12 bits per heavy atom. The zero-order valence-electron chi connectivity index (χ0n) is 13.8. The molecule has 0 saturated heterocycles. The van der Waals surface area contributed by atoms with E-state index in [0.29, 0.717) is 22.2 Å². The maximum atomic E-state index is 12.7. The van der Waals surface area contributed by atoms with Crippen LogP contribution in [0.15, 0.2) is 36.4 Å². The molecule has 3 aromatic rings. The van der Waals surface area contributed by atoms with Crippen LogP contribution in [0.25, 0.3) is 10.2 Å². The summed E-state index contributed by atoms with van der Waals surface area (Å²) in [7, 11) is 3.05. The maximum Gasteiger partial charge on any atom is 0.265 e. The molecule has 1 aromatic heterocycles. The molecular formula is C18H18N2O3S. The largest absolute Gasteiger partial charge is 0.496 e. The maximum absolute atomic E-state index is 12.7. The monoisotopic (exact) mass is 342 g/mol. The van der Waals surface area contributed by atoms with Gasteiger partial charge < -0.3 is 9.47 Å². The second-order valence-electron chi connectivity index (χ2n) is 5.13. The minimum Gasteiger partial charge on any atom is -0.496 e. The summed E-state index contributed by atoms with van der Waals surface area (Å²) < 4.78 is 11.6. The SMILES string of the molecule is CCc1cccc2sc(NC(=O)c3c(OC)cccc3OC)nc12. The van der Waals surface area contributed by atoms with Crippen LogP contribution in [-0.4, -0.2) is 25.1 Å². The van der Waals surface area contributed by atoms with Crippen LogP contribution in [0, 0.1) is 0 Å². The highest BCUT2D eigenvalue weighted by Gasteiger charge is 2.19. The van der Waals surface area contributed by atoms with Gasteiger partial charge in [-0.1, -0.05) is 36.5 Å². The van der Waals surface area contributed by atoms with Crippen LogP contribution in [0.4, 0.5) is 5.13 Å². The summed E-state index contributed by atoms with van der Waals surface area (Å²) in [4.78, 5) is 17.3. The van der Waals surface area contributed by atoms with Crippen molar-refractivity contribution >= 4 is 32.6 Å². The normalized spacial score (nSPS) is 10.6. The first kappa shape index (κ1) is 16.3. The average molecular weight is 342 g/mol. The van der Waals surface area contributed by atoms with Crippen LogP contribution >= 0.6 is 11.3 Å². The zero-order chi connectivity index (χ0) is 17.1. The number of carbonyl (C=O) groups excluding carboxylic acids is 1. The molecule has 0 saturated carbocycles. The Kier molecular flexibility index (Phi) is 4.66. The minimum absolute atomic E-state index is 0.304. The fourth-order valence-electron chi connectivity index (χ4n) is 2.58. The van der Waals surface area contributed by atoms with E-state index in [9.17, 15) is 4.79 Å². The third kappa shape index (κ3) is 2.92. The van der Waals surface area contributed by atoms with Crippen molar-refractivity contribution in [2.45, 2.75) is 13.3 Å². The number of ether oxygens (including phenoxy) is 2. The third-order valence-electron chi connectivity index (χ3n) is 3.76. The molecule has 6 heteroatoms. The smallest absolute Gasteiger partial charge is 0.265 e. The summed E-state index contributed by atoms with van der Waals surface area (Å²) in [6, 6.07) is 11.3. The van der Waals surface area contributed by atoms with E-state index in [-0.39, 0.29) is 5.91 Å². The molecule has 2 aromatic carbocycles. The van der Waals surface area contributed by atoms with Gasteiger partial charge in [-0.25, -0.2) is 4.98 Å². The molecule has 1 amide bonds. The van der Waals surface area contributed by atoms with Gasteiger partial charge in [-0.05, 0) is 30.2 Å². The first-order valence-corrected chi connectivity index (χ1v) is 8.40. The van der Waals surface area contributed by atoms with Crippen LogP contribution < -0.4 is 14.8 Å². The molecule has 0 spiro atoms. The van der Waals surface area contributed by atoms with E-state index >= 15 is 0 Å². The molecule has 0 atom stereocenters. The number of aryl methyl sites for hydroxylation is 1. The van der Waals surface area contributed by atoms with Gasteiger partial charge in [0, 0.05) is 0 Å². The van der Waals surface area contributed by atoms with Gasteiger partial charge in [0.1, 0.15) is 17.1 Å². The highest BCUT2D eigenvalue weighted by molar-refractivity contribution is 7.22. The summed E-state index contributed by atoms with van der Waals surface area (Å²) >= 11 is 1.45. The van der Waals surface area contributed by atoms with E-state index in [2.05, 4.69) is 23.3 Å². The van der Waals surface area contributed by atoms with E-state index in [1.54, 1.807) is 18.2 Å². The molecule has 24 heavy (non-hydrogen) atoms. The van der Waals surface area contributed by atoms with Crippen molar-refractivity contribution < 1.29 is 14.3 Å². The summed E-state index contributed by atoms with van der Waals surface area (Å²) in [5.41, 5.74) is 2.46. The highest BCUT2D eigenvalue weighted by atomic mass is 32.1. The number of nitrogens with one attached hydrogen (secondary N) is 1. The summed E-state index contributed by atoms with van der Waals surface area (Å²) in [6.07, 6.45) is 0.898. The van der Waals surface area contributed by atoms with Crippen molar-refractivity contribution in [3.8, 4) is 11.5 Å². The van der Waals surface area contributed by atoms with E-state index < -0.39 is 0 Å². The van der Waals surface area contributed by atoms with Crippen molar-refractivity contribution in [2.75, 3.05) is 19.5 Å². The molecule has 0 unspecified atom stereocenters. The number of hydrogen-bond donors (Lipinski definition) is 1. The number of rotatable bonds is 5. The van der Waals surface area contributed by atoms with E-state index in [4.69, 9.17) is 9.47 Å². The Balaban J connectivity index is 1.96. The number of para-hydroxylation sites is 1. The van der Waals surface area contributed by atoms with Crippen molar-refractivity contribution in [1.82, 2.24) is 4.98 Å². The van der Waals surface area contributed by atoms with E-state index in [1.165, 1.54) is 31.1 Å². The number of methoxy groups -OCH3 is 2. The predicted molar refractivity (Wildman–Crippen MR) is 96.5 cm³/mol. The molecule has 0 bridgehead atoms. The highest BCUT2D eigenvalue weighted by Crippen LogP contribution is 2.32. The van der Waals surface area contributed by atoms with Gasteiger partial charge in [0.05, 0.1) is 24.4 Å². The number of carbonyl (C=O) groups is 1. The number of hydrogen-bond acceptors (Lipinski definition) is 5. The standard InChI is InChI=1S/C18H18N2O3S/c1-4-11-7-5-10-14-16(11)19-18(24-14)20-17(21)15-12(22-2)8-6-9-13(15)23-3/h5-10H,4H2,1-3H3,(H,19,20,21). The Labute approximate surface area is 144 Å². The lowest BCUT2D eigenvalue weighted by Gasteiger charge is -2.11. The summed E-state index contributed by atoms with van der Waals surface area (Å²) in [5, 5.41) is 3.42.